The van der Waals surface area contributed by atoms with E-state index in [1.807, 2.05) is 29.5 Å². The summed E-state index contributed by atoms with van der Waals surface area (Å²) in [6, 6.07) is 8.23. The number of nitrogens with zero attached hydrogens (tertiary/aromatic N) is 8. The molecule has 0 N–H and O–H groups in total. The maximum Gasteiger partial charge on any atom is 0.192 e. The molecule has 11 heteroatoms. The van der Waals surface area contributed by atoms with Crippen molar-refractivity contribution in [2.45, 2.75) is 13.3 Å². The molecule has 4 heterocycles. The van der Waals surface area contributed by atoms with Gasteiger partial charge in [-0.2, -0.15) is 5.26 Å². The van der Waals surface area contributed by atoms with E-state index in [1.54, 1.807) is 18.3 Å². The van der Waals surface area contributed by atoms with E-state index in [9.17, 15) is 14.4 Å². The Bertz CT molecular complexity index is 1430. The molecule has 9 nitrogen and oxygen atoms in total. The number of hydrogen-bond donors (Lipinski definition) is 0. The lowest BCUT2D eigenvalue weighted by molar-refractivity contribution is -0.108. The van der Waals surface area contributed by atoms with Crippen molar-refractivity contribution in [3.8, 4) is 17.3 Å². The number of imidazole rings is 1. The number of aldehydes is 1. The highest BCUT2D eigenvalue weighted by atomic mass is 32.1. The summed E-state index contributed by atoms with van der Waals surface area (Å²) in [5, 5.41) is 10.4. The van der Waals surface area contributed by atoms with Gasteiger partial charge >= 0.3 is 0 Å². The van der Waals surface area contributed by atoms with Crippen LogP contribution < -0.4 is 9.80 Å². The third-order valence-corrected chi connectivity index (χ3v) is 7.38. The predicted molar refractivity (Wildman–Crippen MR) is 137 cm³/mol. The molecule has 5 rings (SSSR count). The van der Waals surface area contributed by atoms with Gasteiger partial charge in [-0.05, 0) is 30.7 Å². The molecule has 1 aliphatic rings. The zero-order chi connectivity index (χ0) is 25.2. The van der Waals surface area contributed by atoms with E-state index >= 15 is 0 Å². The van der Waals surface area contributed by atoms with E-state index in [1.165, 1.54) is 23.5 Å². The summed E-state index contributed by atoms with van der Waals surface area (Å²) in [5.74, 6) is 1.36. The topological polar surface area (TPSA) is 93.7 Å². The van der Waals surface area contributed by atoms with Gasteiger partial charge in [0, 0.05) is 38.8 Å². The number of anilines is 3. The van der Waals surface area contributed by atoms with Crippen LogP contribution in [0.15, 0.2) is 36.7 Å². The van der Waals surface area contributed by atoms with Crippen molar-refractivity contribution < 1.29 is 9.18 Å². The minimum absolute atomic E-state index is 0.335. The molecule has 0 aliphatic carbocycles. The number of benzene rings is 1. The zero-order valence-electron chi connectivity index (χ0n) is 20.1. The molecule has 0 saturated carbocycles. The Labute approximate surface area is 212 Å². The van der Waals surface area contributed by atoms with Crippen LogP contribution in [0.3, 0.4) is 0 Å². The summed E-state index contributed by atoms with van der Waals surface area (Å²) in [5.41, 5.74) is 2.85. The maximum absolute atomic E-state index is 13.4. The lowest BCUT2D eigenvalue weighted by Gasteiger charge is -2.34. The first-order chi connectivity index (χ1) is 17.5. The number of fused-ring (bicyclic) bond motifs is 1. The van der Waals surface area contributed by atoms with Crippen LogP contribution in [-0.4, -0.2) is 70.3 Å². The van der Waals surface area contributed by atoms with Crippen LogP contribution in [0, 0.1) is 17.1 Å². The van der Waals surface area contributed by atoms with Crippen molar-refractivity contribution in [2.24, 2.45) is 0 Å². The fourth-order valence-corrected chi connectivity index (χ4v) is 5.27. The first kappa shape index (κ1) is 23.8. The average molecular weight is 505 g/mol. The van der Waals surface area contributed by atoms with Crippen molar-refractivity contribution in [2.75, 3.05) is 49.6 Å². The normalized spacial score (nSPS) is 14.2. The van der Waals surface area contributed by atoms with Gasteiger partial charge in [-0.25, -0.2) is 19.3 Å². The van der Waals surface area contributed by atoms with Crippen LogP contribution in [0.25, 0.3) is 16.9 Å². The highest BCUT2D eigenvalue weighted by Gasteiger charge is 2.24. The molecular weight excluding hydrogens is 479 g/mol. The van der Waals surface area contributed by atoms with Crippen LogP contribution in [0.5, 0.6) is 0 Å². The number of aryl methyl sites for hydroxylation is 1. The summed E-state index contributed by atoms with van der Waals surface area (Å²) in [4.78, 5) is 31.8. The minimum atomic E-state index is -0.335. The molecular formula is C25H25FN8OS. The molecule has 0 unspecified atom stereocenters. The second kappa shape index (κ2) is 10.0. The van der Waals surface area contributed by atoms with Gasteiger partial charge in [0.2, 0.25) is 0 Å². The molecule has 1 fully saturated rings. The average Bonchev–Trinajstić information content (AvgIpc) is 3.50. The van der Waals surface area contributed by atoms with E-state index in [2.05, 4.69) is 20.9 Å². The lowest BCUT2D eigenvalue weighted by atomic mass is 10.1. The number of carbonyl (C=O) groups is 1. The summed E-state index contributed by atoms with van der Waals surface area (Å²) >= 11 is 1.29. The molecule has 1 saturated heterocycles. The lowest BCUT2D eigenvalue weighted by Crippen LogP contribution is -2.47. The number of piperazine rings is 1. The van der Waals surface area contributed by atoms with Crippen molar-refractivity contribution >= 4 is 40.0 Å². The highest BCUT2D eigenvalue weighted by molar-refractivity contribution is 7.16. The number of aromatic nitrogens is 4. The third kappa shape index (κ3) is 4.41. The summed E-state index contributed by atoms with van der Waals surface area (Å²) in [7, 11) is 1.91. The molecule has 0 radical (unpaired) electrons. The molecule has 4 aromatic rings. The largest absolute Gasteiger partial charge is 0.353 e. The van der Waals surface area contributed by atoms with Gasteiger partial charge < -0.3 is 14.6 Å². The van der Waals surface area contributed by atoms with Crippen molar-refractivity contribution in [3.05, 3.63) is 53.0 Å². The summed E-state index contributed by atoms with van der Waals surface area (Å²) in [6.45, 7) is 5.67. The number of halogens is 1. The van der Waals surface area contributed by atoms with E-state index in [-0.39, 0.29) is 5.82 Å². The smallest absolute Gasteiger partial charge is 0.192 e. The maximum atomic E-state index is 13.4. The predicted octanol–water partition coefficient (Wildman–Crippen LogP) is 3.51. The number of thiazole rings is 1. The Kier molecular flexibility index (Phi) is 6.63. The molecule has 184 valence electrons. The number of carbonyl (C=O) groups excluding carboxylic acids is 1. The van der Waals surface area contributed by atoms with Crippen LogP contribution in [0.2, 0.25) is 0 Å². The Hall–Kier alpha value is -3.88. The molecule has 1 aromatic carbocycles. The van der Waals surface area contributed by atoms with Gasteiger partial charge in [-0.15, -0.1) is 0 Å². The third-order valence-electron chi connectivity index (χ3n) is 6.34. The highest BCUT2D eigenvalue weighted by Crippen LogP contribution is 2.37. The van der Waals surface area contributed by atoms with Crippen LogP contribution in [-0.2, 0) is 11.2 Å². The second-order valence-corrected chi connectivity index (χ2v) is 9.49. The molecule has 0 amide bonds. The van der Waals surface area contributed by atoms with Gasteiger partial charge in [0.05, 0.1) is 24.6 Å². The van der Waals surface area contributed by atoms with Crippen LogP contribution in [0.1, 0.15) is 17.5 Å². The first-order valence-electron chi connectivity index (χ1n) is 11.7. The second-order valence-electron chi connectivity index (χ2n) is 8.52. The van der Waals surface area contributed by atoms with Crippen molar-refractivity contribution in [1.29, 1.82) is 5.26 Å². The SMILES string of the molecule is CCc1nc2cnc(N3CCN(CC=O)CC3)cn2c1N(C)c1nc(-c2ccc(F)cc2)c(C#N)s1. The summed E-state index contributed by atoms with van der Waals surface area (Å²) < 4.78 is 15.4. The summed E-state index contributed by atoms with van der Waals surface area (Å²) in [6.07, 6.45) is 5.42. The van der Waals surface area contributed by atoms with E-state index in [0.29, 0.717) is 34.2 Å². The molecule has 0 atom stereocenters. The first-order valence-corrected chi connectivity index (χ1v) is 12.5. The Morgan fingerprint density at radius 3 is 2.61 bits per heavy atom. The molecule has 3 aromatic heterocycles. The Morgan fingerprint density at radius 2 is 1.94 bits per heavy atom. The minimum Gasteiger partial charge on any atom is -0.353 e. The number of rotatable bonds is 7. The molecule has 36 heavy (non-hydrogen) atoms. The Morgan fingerprint density at radius 1 is 1.19 bits per heavy atom. The monoisotopic (exact) mass is 504 g/mol. The van der Waals surface area contributed by atoms with Gasteiger partial charge in [0.1, 0.15) is 40.4 Å². The molecule has 0 bridgehead atoms. The van der Waals surface area contributed by atoms with Crippen molar-refractivity contribution in [1.82, 2.24) is 24.3 Å². The fraction of sp³-hybridized carbons (Fsp3) is 0.320. The van der Waals surface area contributed by atoms with E-state index in [0.717, 1.165) is 55.4 Å². The van der Waals surface area contributed by atoms with Gasteiger partial charge in [0.15, 0.2) is 10.8 Å². The molecule has 1 aliphatic heterocycles. The Balaban J connectivity index is 1.51. The van der Waals surface area contributed by atoms with E-state index in [4.69, 9.17) is 9.97 Å². The van der Waals surface area contributed by atoms with Crippen LogP contribution >= 0.6 is 11.3 Å². The van der Waals surface area contributed by atoms with Gasteiger partial charge in [0.25, 0.3) is 0 Å². The van der Waals surface area contributed by atoms with Gasteiger partial charge in [-0.3, -0.25) is 9.30 Å². The standard InChI is InChI=1S/C25H25FN8OS/c1-3-19-24(31(2)25-30-23(20(14-27)36-25)17-4-6-18(26)7-5-17)34-16-22(28-15-21(34)29-19)33-10-8-32(9-11-33)12-13-35/h4-7,13,15-16H,3,8-12H2,1-2H3. The molecule has 0 spiro atoms. The quantitative estimate of drug-likeness (QED) is 0.353. The van der Waals surface area contributed by atoms with Gasteiger partial charge in [-0.1, -0.05) is 18.3 Å². The van der Waals surface area contributed by atoms with Crippen molar-refractivity contribution in [3.63, 3.8) is 0 Å². The number of nitriles is 1. The van der Waals surface area contributed by atoms with Crippen LogP contribution in [0.4, 0.5) is 21.2 Å². The fourth-order valence-electron chi connectivity index (χ4n) is 4.42. The number of hydrogen-bond acceptors (Lipinski definition) is 9. The van der Waals surface area contributed by atoms with E-state index < -0.39 is 0 Å². The zero-order valence-corrected chi connectivity index (χ0v) is 20.9.